The van der Waals surface area contributed by atoms with Crippen LogP contribution in [0.25, 0.3) is 10.8 Å². The minimum atomic E-state index is 0.294. The molecule has 0 heterocycles. The first-order valence-corrected chi connectivity index (χ1v) is 5.76. The van der Waals surface area contributed by atoms with Crippen molar-refractivity contribution < 1.29 is 0 Å². The van der Waals surface area contributed by atoms with Crippen LogP contribution in [0.4, 0.5) is 0 Å². The third kappa shape index (κ3) is 1.60. The van der Waals surface area contributed by atoms with E-state index in [9.17, 15) is 4.79 Å². The molecule has 2 aromatic rings. The summed E-state index contributed by atoms with van der Waals surface area (Å²) in [6, 6.07) is 2.20. The lowest BCUT2D eigenvalue weighted by molar-refractivity contribution is 0.646. The van der Waals surface area contributed by atoms with Gasteiger partial charge in [0.25, 0.3) is 0 Å². The van der Waals surface area contributed by atoms with E-state index < -0.39 is 0 Å². The molecule has 0 amide bonds. The molecule has 2 aromatic carbocycles. The van der Waals surface area contributed by atoms with Gasteiger partial charge in [0.05, 0.1) is 0 Å². The molecule has 0 atom stereocenters. The quantitative estimate of drug-likeness (QED) is 0.747. The van der Waals surface area contributed by atoms with Gasteiger partial charge in [-0.05, 0) is 42.4 Å². The first-order valence-electron chi connectivity index (χ1n) is 5.76. The summed E-state index contributed by atoms with van der Waals surface area (Å²) in [6.07, 6.45) is 2.07. The van der Waals surface area contributed by atoms with E-state index in [4.69, 9.17) is 0 Å². The Bertz CT molecular complexity index is 511. The SMILES string of the molecule is CCc1cc(C)c2c(=O)c2c1CC(C)C. The van der Waals surface area contributed by atoms with Crippen molar-refractivity contribution in [2.24, 2.45) is 5.92 Å². The summed E-state index contributed by atoms with van der Waals surface area (Å²) >= 11 is 0. The molecule has 0 aromatic heterocycles. The van der Waals surface area contributed by atoms with Gasteiger partial charge in [0.2, 0.25) is 0 Å². The maximum atomic E-state index is 11.6. The smallest absolute Gasteiger partial charge is 0.195 e. The lowest BCUT2D eigenvalue weighted by Gasteiger charge is -2.09. The number of benzene rings is 1. The van der Waals surface area contributed by atoms with Crippen LogP contribution in [-0.4, -0.2) is 0 Å². The highest BCUT2D eigenvalue weighted by molar-refractivity contribution is 6.03. The van der Waals surface area contributed by atoms with E-state index in [0.29, 0.717) is 11.3 Å². The third-order valence-corrected chi connectivity index (χ3v) is 3.11. The second kappa shape index (κ2) is 3.48. The fourth-order valence-electron chi connectivity index (χ4n) is 2.37. The van der Waals surface area contributed by atoms with Crippen molar-refractivity contribution in [1.82, 2.24) is 0 Å². The van der Waals surface area contributed by atoms with Gasteiger partial charge in [0.1, 0.15) is 0 Å². The zero-order valence-corrected chi connectivity index (χ0v) is 9.98. The van der Waals surface area contributed by atoms with Crippen molar-refractivity contribution in [3.8, 4) is 0 Å². The third-order valence-electron chi connectivity index (χ3n) is 3.11. The van der Waals surface area contributed by atoms with Gasteiger partial charge in [-0.3, -0.25) is 4.79 Å². The van der Waals surface area contributed by atoms with Gasteiger partial charge in [-0.2, -0.15) is 0 Å². The van der Waals surface area contributed by atoms with Gasteiger partial charge >= 0.3 is 0 Å². The van der Waals surface area contributed by atoms with Gasteiger partial charge in [-0.25, -0.2) is 0 Å². The van der Waals surface area contributed by atoms with E-state index in [1.54, 1.807) is 0 Å². The molecule has 0 fully saturated rings. The van der Waals surface area contributed by atoms with Crippen LogP contribution >= 0.6 is 0 Å². The Labute approximate surface area is 90.8 Å². The number of hydrogen-bond acceptors (Lipinski definition) is 1. The predicted octanol–water partition coefficient (Wildman–Crippen LogP) is 3.14. The first kappa shape index (κ1) is 10.4. The standard InChI is InChI=1S/C14H18O/c1-5-10-7-9(4)12-13(14(12)15)11(10)6-8(2)3/h7-8H,5-6H2,1-4H3. The maximum absolute atomic E-state index is 11.6. The summed E-state index contributed by atoms with van der Waals surface area (Å²) in [5.41, 5.74) is 4.14. The van der Waals surface area contributed by atoms with E-state index in [2.05, 4.69) is 26.8 Å². The first-order chi connectivity index (χ1) is 7.06. The van der Waals surface area contributed by atoms with Crippen molar-refractivity contribution in [3.63, 3.8) is 0 Å². The monoisotopic (exact) mass is 202 g/mol. The zero-order chi connectivity index (χ0) is 11.2. The number of aryl methyl sites for hydroxylation is 2. The minimum Gasteiger partial charge on any atom is -0.289 e. The lowest BCUT2D eigenvalue weighted by Crippen LogP contribution is -1.98. The maximum Gasteiger partial charge on any atom is 0.195 e. The molecule has 0 unspecified atom stereocenters. The zero-order valence-electron chi connectivity index (χ0n) is 9.98. The Morgan fingerprint density at radius 1 is 1.27 bits per heavy atom. The van der Waals surface area contributed by atoms with E-state index in [-0.39, 0.29) is 0 Å². The average molecular weight is 202 g/mol. The molecule has 0 saturated carbocycles. The summed E-state index contributed by atoms with van der Waals surface area (Å²) in [4.78, 5) is 11.6. The molecule has 0 spiro atoms. The van der Waals surface area contributed by atoms with Crippen molar-refractivity contribution in [3.05, 3.63) is 33.0 Å². The predicted molar refractivity (Wildman–Crippen MR) is 65.2 cm³/mol. The molecule has 15 heavy (non-hydrogen) atoms. The van der Waals surface area contributed by atoms with Crippen molar-refractivity contribution in [2.75, 3.05) is 0 Å². The van der Waals surface area contributed by atoms with Crippen LogP contribution < -0.4 is 5.43 Å². The number of fused-ring (bicyclic) bond motifs is 1. The van der Waals surface area contributed by atoms with Gasteiger partial charge in [-0.1, -0.05) is 26.8 Å². The summed E-state index contributed by atoms with van der Waals surface area (Å²) in [5.74, 6) is 0.621. The number of hydrogen-bond donors (Lipinski definition) is 0. The molecule has 2 rings (SSSR count). The molecule has 0 aliphatic carbocycles. The highest BCUT2D eigenvalue weighted by atomic mass is 16.1. The molecular weight excluding hydrogens is 184 g/mol. The largest absolute Gasteiger partial charge is 0.289 e. The highest BCUT2D eigenvalue weighted by Crippen LogP contribution is 2.29. The van der Waals surface area contributed by atoms with Gasteiger partial charge < -0.3 is 0 Å². The van der Waals surface area contributed by atoms with Crippen LogP contribution in [-0.2, 0) is 12.8 Å². The van der Waals surface area contributed by atoms with E-state index >= 15 is 0 Å². The highest BCUT2D eigenvalue weighted by Gasteiger charge is 2.22. The van der Waals surface area contributed by atoms with E-state index in [1.165, 1.54) is 16.7 Å². The Balaban J connectivity index is 2.58. The van der Waals surface area contributed by atoms with Crippen LogP contribution in [0, 0.1) is 12.8 Å². The lowest BCUT2D eigenvalue weighted by atomic mass is 9.95. The Kier molecular flexibility index (Phi) is 2.41. The molecule has 1 heteroatoms. The Morgan fingerprint density at radius 3 is 2.47 bits per heavy atom. The van der Waals surface area contributed by atoms with Crippen LogP contribution in [0.3, 0.4) is 0 Å². The molecule has 0 bridgehead atoms. The molecule has 0 saturated heterocycles. The van der Waals surface area contributed by atoms with Crippen molar-refractivity contribution >= 4 is 10.8 Å². The molecule has 80 valence electrons. The van der Waals surface area contributed by atoms with Crippen LogP contribution in [0.15, 0.2) is 10.9 Å². The van der Waals surface area contributed by atoms with E-state index in [0.717, 1.165) is 23.6 Å². The summed E-state index contributed by atoms with van der Waals surface area (Å²) < 4.78 is 0. The summed E-state index contributed by atoms with van der Waals surface area (Å²) in [6.45, 7) is 8.62. The van der Waals surface area contributed by atoms with Gasteiger partial charge in [0, 0.05) is 10.8 Å². The summed E-state index contributed by atoms with van der Waals surface area (Å²) in [7, 11) is 0. The van der Waals surface area contributed by atoms with E-state index in [1.807, 2.05) is 6.92 Å². The fraction of sp³-hybridized carbons (Fsp3) is 0.500. The second-order valence-electron chi connectivity index (χ2n) is 4.86. The number of rotatable bonds is 3. The van der Waals surface area contributed by atoms with Crippen LogP contribution in [0.2, 0.25) is 0 Å². The summed E-state index contributed by atoms with van der Waals surface area (Å²) in [5, 5.41) is 2.04. The molecule has 0 N–H and O–H groups in total. The normalized spacial score (nSPS) is 12.1. The average Bonchev–Trinajstić information content (AvgIpc) is 2.82. The molecule has 0 aliphatic heterocycles. The van der Waals surface area contributed by atoms with Gasteiger partial charge in [0.15, 0.2) is 5.43 Å². The molecular formula is C14H18O. The molecule has 0 aliphatic rings. The minimum absolute atomic E-state index is 0.294. The fourth-order valence-corrected chi connectivity index (χ4v) is 2.37. The molecule has 0 radical (unpaired) electrons. The Morgan fingerprint density at radius 2 is 1.93 bits per heavy atom. The topological polar surface area (TPSA) is 17.1 Å². The van der Waals surface area contributed by atoms with Crippen molar-refractivity contribution in [2.45, 2.75) is 40.5 Å². The molecule has 1 nitrogen and oxygen atoms in total. The van der Waals surface area contributed by atoms with Gasteiger partial charge in [-0.15, -0.1) is 0 Å². The van der Waals surface area contributed by atoms with Crippen LogP contribution in [0.5, 0.6) is 0 Å². The Hall–Kier alpha value is -1.11. The second-order valence-corrected chi connectivity index (χ2v) is 4.86. The van der Waals surface area contributed by atoms with Crippen LogP contribution in [0.1, 0.15) is 37.5 Å². The van der Waals surface area contributed by atoms with Crippen molar-refractivity contribution in [1.29, 1.82) is 0 Å².